The van der Waals surface area contributed by atoms with Crippen molar-refractivity contribution in [1.29, 1.82) is 0 Å². The first-order chi connectivity index (χ1) is 16.5. The van der Waals surface area contributed by atoms with E-state index in [0.717, 1.165) is 49.5 Å². The fraction of sp³-hybridized carbons (Fsp3) is 0.520. The number of nitrogens with zero attached hydrogens (tertiary/aromatic N) is 6. The largest absolute Gasteiger partial charge is 0.507 e. The van der Waals surface area contributed by atoms with Crippen LogP contribution in [0.3, 0.4) is 0 Å². The predicted molar refractivity (Wildman–Crippen MR) is 137 cm³/mol. The van der Waals surface area contributed by atoms with Gasteiger partial charge in [-0.2, -0.15) is 10.1 Å². The first-order valence-corrected chi connectivity index (χ1v) is 12.3. The van der Waals surface area contributed by atoms with Crippen molar-refractivity contribution >= 4 is 35.3 Å². The van der Waals surface area contributed by atoms with Crippen LogP contribution in [0.4, 0.5) is 23.1 Å². The highest BCUT2D eigenvalue weighted by atomic mass is 16.3. The Labute approximate surface area is 201 Å². The van der Waals surface area contributed by atoms with Crippen molar-refractivity contribution in [3.05, 3.63) is 30.0 Å². The lowest BCUT2D eigenvalue weighted by Gasteiger charge is -2.43. The summed E-state index contributed by atoms with van der Waals surface area (Å²) in [7, 11) is 1.79. The van der Waals surface area contributed by atoms with Gasteiger partial charge in [-0.3, -0.25) is 4.79 Å². The maximum absolute atomic E-state index is 13.0. The summed E-state index contributed by atoms with van der Waals surface area (Å²) in [6, 6.07) is 5.67. The Morgan fingerprint density at radius 2 is 1.97 bits per heavy atom. The second-order valence-electron chi connectivity index (χ2n) is 8.85. The van der Waals surface area contributed by atoms with Crippen molar-refractivity contribution in [3.8, 4) is 5.75 Å². The van der Waals surface area contributed by atoms with E-state index in [1.807, 2.05) is 19.1 Å². The number of hydrazone groups is 1. The number of anilines is 4. The predicted octanol–water partition coefficient (Wildman–Crippen LogP) is 3.98. The molecule has 1 saturated carbocycles. The average Bonchev–Trinajstić information content (AvgIpc) is 3.37. The molecule has 1 aliphatic heterocycles. The third-order valence-corrected chi connectivity index (χ3v) is 6.92. The molecule has 9 nitrogen and oxygen atoms in total. The van der Waals surface area contributed by atoms with Gasteiger partial charge in [0.2, 0.25) is 11.9 Å². The maximum Gasteiger partial charge on any atom is 0.249 e. The van der Waals surface area contributed by atoms with E-state index in [4.69, 9.17) is 4.98 Å². The van der Waals surface area contributed by atoms with E-state index in [2.05, 4.69) is 39.2 Å². The normalized spacial score (nSPS) is 18.6. The SMILES string of the molecule is CCC1C(=O)N(C)c2cnc(N/N=C/c3ccc(N(CC)CC)cc3O)nc2N1C1CCCC1. The smallest absolute Gasteiger partial charge is 0.249 e. The molecule has 1 aromatic heterocycles. The van der Waals surface area contributed by atoms with E-state index >= 15 is 0 Å². The van der Waals surface area contributed by atoms with Crippen LogP contribution in [-0.2, 0) is 4.79 Å². The number of aromatic nitrogens is 2. The van der Waals surface area contributed by atoms with Gasteiger partial charge in [0.25, 0.3) is 0 Å². The van der Waals surface area contributed by atoms with Crippen molar-refractivity contribution in [2.75, 3.05) is 40.3 Å². The molecule has 9 heteroatoms. The van der Waals surface area contributed by atoms with Crippen LogP contribution >= 0.6 is 0 Å². The Hall–Kier alpha value is -3.36. The van der Waals surface area contributed by atoms with Gasteiger partial charge >= 0.3 is 0 Å². The molecule has 182 valence electrons. The topological polar surface area (TPSA) is 97.2 Å². The molecule has 0 radical (unpaired) electrons. The van der Waals surface area contributed by atoms with Crippen molar-refractivity contribution < 1.29 is 9.90 Å². The molecule has 1 aliphatic carbocycles. The van der Waals surface area contributed by atoms with Crippen LogP contribution in [-0.4, -0.2) is 59.4 Å². The Morgan fingerprint density at radius 3 is 2.62 bits per heavy atom. The second-order valence-corrected chi connectivity index (χ2v) is 8.85. The number of benzene rings is 1. The maximum atomic E-state index is 13.0. The zero-order chi connectivity index (χ0) is 24.2. The molecule has 2 aliphatic rings. The molecule has 1 atom stereocenters. The van der Waals surface area contributed by atoms with Crippen molar-refractivity contribution in [1.82, 2.24) is 9.97 Å². The second kappa shape index (κ2) is 10.3. The van der Waals surface area contributed by atoms with Gasteiger partial charge < -0.3 is 19.8 Å². The molecule has 34 heavy (non-hydrogen) atoms. The highest BCUT2D eigenvalue weighted by Gasteiger charge is 2.41. The summed E-state index contributed by atoms with van der Waals surface area (Å²) in [5, 5.41) is 14.7. The highest BCUT2D eigenvalue weighted by Crippen LogP contribution is 2.39. The number of aromatic hydroxyl groups is 1. The fourth-order valence-electron chi connectivity index (χ4n) is 5.02. The number of nitrogens with one attached hydrogen (secondary N) is 1. The van der Waals surface area contributed by atoms with E-state index in [1.165, 1.54) is 12.8 Å². The molecule has 1 amide bonds. The van der Waals surface area contributed by atoms with Gasteiger partial charge in [0, 0.05) is 43.5 Å². The number of hydrogen-bond donors (Lipinski definition) is 2. The van der Waals surface area contributed by atoms with Crippen molar-refractivity contribution in [2.24, 2.45) is 5.10 Å². The van der Waals surface area contributed by atoms with E-state index < -0.39 is 0 Å². The molecule has 1 fully saturated rings. The molecule has 0 spiro atoms. The number of amides is 1. The summed E-state index contributed by atoms with van der Waals surface area (Å²) >= 11 is 0. The van der Waals surface area contributed by atoms with Gasteiger partial charge in [0.15, 0.2) is 5.82 Å². The van der Waals surface area contributed by atoms with E-state index in [1.54, 1.807) is 30.4 Å². The Morgan fingerprint density at radius 1 is 1.24 bits per heavy atom. The number of likely N-dealkylation sites (N-methyl/N-ethyl adjacent to an activating group) is 1. The Bertz CT molecular complexity index is 1050. The summed E-state index contributed by atoms with van der Waals surface area (Å²) in [6.45, 7) is 7.97. The summed E-state index contributed by atoms with van der Waals surface area (Å²) in [6.07, 6.45) is 8.46. The summed E-state index contributed by atoms with van der Waals surface area (Å²) < 4.78 is 0. The molecule has 1 unspecified atom stereocenters. The number of phenols is 1. The zero-order valence-electron chi connectivity index (χ0n) is 20.5. The number of carbonyl (C=O) groups excluding carboxylic acids is 1. The molecule has 2 aromatic rings. The van der Waals surface area contributed by atoms with Gasteiger partial charge in [-0.1, -0.05) is 19.8 Å². The van der Waals surface area contributed by atoms with Crippen LogP contribution in [0.5, 0.6) is 5.75 Å². The number of phenolic OH excluding ortho intramolecular Hbond substituents is 1. The van der Waals surface area contributed by atoms with Crippen molar-refractivity contribution in [3.63, 3.8) is 0 Å². The minimum atomic E-state index is -0.215. The van der Waals surface area contributed by atoms with Crippen LogP contribution in [0.25, 0.3) is 0 Å². The summed E-state index contributed by atoms with van der Waals surface area (Å²) in [5.41, 5.74) is 5.19. The lowest BCUT2D eigenvalue weighted by molar-refractivity contribution is -0.120. The fourth-order valence-corrected chi connectivity index (χ4v) is 5.02. The molecular weight excluding hydrogens is 430 g/mol. The lowest BCUT2D eigenvalue weighted by Crippen LogP contribution is -2.55. The highest BCUT2D eigenvalue weighted by molar-refractivity contribution is 6.04. The molecule has 4 rings (SSSR count). The third kappa shape index (κ3) is 4.51. The minimum Gasteiger partial charge on any atom is -0.507 e. The summed E-state index contributed by atoms with van der Waals surface area (Å²) in [5.74, 6) is 1.39. The minimum absolute atomic E-state index is 0.0906. The van der Waals surface area contributed by atoms with Gasteiger partial charge in [-0.15, -0.1) is 0 Å². The van der Waals surface area contributed by atoms with E-state index in [-0.39, 0.29) is 17.7 Å². The first kappa shape index (κ1) is 23.8. The first-order valence-electron chi connectivity index (χ1n) is 12.3. The number of carbonyl (C=O) groups is 1. The van der Waals surface area contributed by atoms with Crippen molar-refractivity contribution in [2.45, 2.75) is 65.0 Å². The number of fused-ring (bicyclic) bond motifs is 1. The molecule has 0 saturated heterocycles. The van der Waals surface area contributed by atoms with Gasteiger partial charge in [0.05, 0.1) is 12.4 Å². The summed E-state index contributed by atoms with van der Waals surface area (Å²) in [4.78, 5) is 28.2. The molecule has 0 bridgehead atoms. The van der Waals surface area contributed by atoms with Gasteiger partial charge in [-0.25, -0.2) is 10.4 Å². The van der Waals surface area contributed by atoms with Gasteiger partial charge in [0.1, 0.15) is 17.5 Å². The molecule has 1 aromatic carbocycles. The Balaban J connectivity index is 1.56. The standard InChI is InChI=1S/C25H35N7O2/c1-5-20-24(34)30(4)21-16-26-25(28-23(21)32(20)18-10-8-9-11-18)29-27-15-17-12-13-19(14-22(17)33)31(6-2)7-3/h12-16,18,20,33H,5-11H2,1-4H3,(H,26,28,29)/b27-15+. The molecule has 2 heterocycles. The van der Waals surface area contributed by atoms with Crippen LogP contribution in [0.1, 0.15) is 58.4 Å². The number of rotatable bonds is 8. The van der Waals surface area contributed by atoms with Crippen LogP contribution in [0.2, 0.25) is 0 Å². The Kier molecular flexibility index (Phi) is 7.19. The van der Waals surface area contributed by atoms with Crippen LogP contribution in [0.15, 0.2) is 29.5 Å². The van der Waals surface area contributed by atoms with Crippen LogP contribution in [0, 0.1) is 0 Å². The third-order valence-electron chi connectivity index (χ3n) is 6.92. The zero-order valence-corrected chi connectivity index (χ0v) is 20.5. The van der Waals surface area contributed by atoms with E-state index in [9.17, 15) is 9.90 Å². The van der Waals surface area contributed by atoms with Crippen LogP contribution < -0.4 is 20.1 Å². The van der Waals surface area contributed by atoms with E-state index in [0.29, 0.717) is 17.6 Å². The van der Waals surface area contributed by atoms with Gasteiger partial charge in [-0.05, 0) is 45.2 Å². The number of hydrogen-bond acceptors (Lipinski definition) is 8. The molecular formula is C25H35N7O2. The monoisotopic (exact) mass is 465 g/mol. The lowest BCUT2D eigenvalue weighted by atomic mass is 10.0. The quantitative estimate of drug-likeness (QED) is 0.450. The molecule has 2 N–H and O–H groups in total. The average molecular weight is 466 g/mol.